The number of hydrogen-bond acceptors (Lipinski definition) is 4. The molecule has 0 aromatic heterocycles. The third-order valence-corrected chi connectivity index (χ3v) is 1.21. The summed E-state index contributed by atoms with van der Waals surface area (Å²) in [5.41, 5.74) is 1.13. The summed E-state index contributed by atoms with van der Waals surface area (Å²) < 4.78 is 0. The lowest BCUT2D eigenvalue weighted by molar-refractivity contribution is 1.23. The van der Waals surface area contributed by atoms with Crippen molar-refractivity contribution >= 4 is 5.69 Å². The first-order valence-electron chi connectivity index (χ1n) is 3.17. The Labute approximate surface area is 69.4 Å². The molecule has 4 nitrogen and oxygen atoms in total. The Balaban J connectivity index is 2.88. The second-order valence-electron chi connectivity index (χ2n) is 1.96. The molecule has 0 aliphatic rings. The van der Waals surface area contributed by atoms with Crippen molar-refractivity contribution in [1.82, 2.24) is 0 Å². The average Bonchev–Trinajstić information content (AvgIpc) is 2.15. The van der Waals surface area contributed by atoms with Gasteiger partial charge in [0, 0.05) is 0 Å². The number of rotatable bonds is 1. The Morgan fingerprint density at radius 1 is 1.08 bits per heavy atom. The van der Waals surface area contributed by atoms with Crippen molar-refractivity contribution in [3.63, 3.8) is 0 Å². The minimum absolute atomic E-state index is 0.561. The van der Waals surface area contributed by atoms with Crippen LogP contribution in [0.4, 0.5) is 5.69 Å². The summed E-state index contributed by atoms with van der Waals surface area (Å²) in [6, 6.07) is 8.46. The van der Waals surface area contributed by atoms with Crippen LogP contribution in [0.2, 0.25) is 0 Å². The van der Waals surface area contributed by atoms with Gasteiger partial charge in [-0.05, 0) is 24.3 Å². The Bertz CT molecular complexity index is 364. The van der Waals surface area contributed by atoms with Crippen LogP contribution in [0.15, 0.2) is 34.5 Å². The lowest BCUT2D eigenvalue weighted by Crippen LogP contribution is -1.69. The predicted octanol–water partition coefficient (Wildman–Crippen LogP) is 2.12. The second-order valence-corrected chi connectivity index (χ2v) is 1.96. The number of azo groups is 1. The van der Waals surface area contributed by atoms with Gasteiger partial charge in [-0.2, -0.15) is 10.5 Å². The summed E-state index contributed by atoms with van der Waals surface area (Å²) in [5.74, 6) is 0. The standard InChI is InChI=1S/C8H4N4/c9-5-7-1-3-8(4-2-7)12-11-6-10/h1-4H. The molecular weight excluding hydrogens is 152 g/mol. The maximum Gasteiger partial charge on any atom is 0.226 e. The van der Waals surface area contributed by atoms with Crippen molar-refractivity contribution in [3.05, 3.63) is 29.8 Å². The summed E-state index contributed by atoms with van der Waals surface area (Å²) in [5, 5.41) is 23.2. The van der Waals surface area contributed by atoms with Crippen molar-refractivity contribution in [3.8, 4) is 12.3 Å². The summed E-state index contributed by atoms with van der Waals surface area (Å²) in [6.45, 7) is 0. The zero-order chi connectivity index (χ0) is 8.81. The molecule has 56 valence electrons. The maximum absolute atomic E-state index is 8.45. The van der Waals surface area contributed by atoms with Crippen LogP contribution >= 0.6 is 0 Å². The summed E-state index contributed by atoms with van der Waals surface area (Å²) in [7, 11) is 0. The first-order chi connectivity index (χ1) is 5.86. The third kappa shape index (κ3) is 1.89. The van der Waals surface area contributed by atoms with Gasteiger partial charge in [-0.15, -0.1) is 5.11 Å². The Hall–Kier alpha value is -2.20. The SMILES string of the molecule is N#CN=Nc1ccc(C#N)cc1. The fourth-order valence-electron chi connectivity index (χ4n) is 0.683. The number of nitriles is 2. The highest BCUT2D eigenvalue weighted by Gasteiger charge is 1.89. The highest BCUT2D eigenvalue weighted by molar-refractivity contribution is 5.42. The van der Waals surface area contributed by atoms with Gasteiger partial charge in [0.25, 0.3) is 0 Å². The predicted molar refractivity (Wildman–Crippen MR) is 41.3 cm³/mol. The largest absolute Gasteiger partial charge is 0.226 e. The Kier molecular flexibility index (Phi) is 2.53. The molecule has 1 rings (SSSR count). The van der Waals surface area contributed by atoms with Crippen molar-refractivity contribution in [1.29, 1.82) is 10.5 Å². The van der Waals surface area contributed by atoms with Gasteiger partial charge in [0.05, 0.1) is 17.3 Å². The van der Waals surface area contributed by atoms with E-state index >= 15 is 0 Å². The van der Waals surface area contributed by atoms with Crippen LogP contribution in [0.25, 0.3) is 0 Å². The molecule has 0 fully saturated rings. The summed E-state index contributed by atoms with van der Waals surface area (Å²) in [4.78, 5) is 0. The minimum atomic E-state index is 0.561. The van der Waals surface area contributed by atoms with Crippen LogP contribution in [0.5, 0.6) is 0 Å². The Morgan fingerprint density at radius 2 is 1.75 bits per heavy atom. The molecule has 0 aliphatic carbocycles. The third-order valence-electron chi connectivity index (χ3n) is 1.21. The summed E-state index contributed by atoms with van der Waals surface area (Å²) in [6.07, 6.45) is 1.54. The summed E-state index contributed by atoms with van der Waals surface area (Å²) >= 11 is 0. The first kappa shape index (κ1) is 7.90. The lowest BCUT2D eigenvalue weighted by atomic mass is 10.2. The molecule has 1 aromatic rings. The molecule has 0 bridgehead atoms. The highest BCUT2D eigenvalue weighted by Crippen LogP contribution is 2.12. The molecule has 0 radical (unpaired) electrons. The molecule has 12 heavy (non-hydrogen) atoms. The quantitative estimate of drug-likeness (QED) is 0.461. The van der Waals surface area contributed by atoms with Crippen LogP contribution in [0.3, 0.4) is 0 Å². The molecule has 0 atom stereocenters. The van der Waals surface area contributed by atoms with E-state index < -0.39 is 0 Å². The monoisotopic (exact) mass is 156 g/mol. The van der Waals surface area contributed by atoms with Crippen molar-refractivity contribution < 1.29 is 0 Å². The van der Waals surface area contributed by atoms with E-state index in [-0.39, 0.29) is 0 Å². The fraction of sp³-hybridized carbons (Fsp3) is 0. The van der Waals surface area contributed by atoms with Gasteiger partial charge in [-0.3, -0.25) is 0 Å². The van der Waals surface area contributed by atoms with E-state index in [4.69, 9.17) is 10.5 Å². The van der Waals surface area contributed by atoms with Crippen LogP contribution in [0.1, 0.15) is 5.56 Å². The van der Waals surface area contributed by atoms with Gasteiger partial charge in [0.2, 0.25) is 6.19 Å². The molecule has 0 saturated carbocycles. The smallest absolute Gasteiger partial charge is 0.192 e. The maximum atomic E-state index is 8.45. The van der Waals surface area contributed by atoms with E-state index in [9.17, 15) is 0 Å². The molecule has 0 unspecified atom stereocenters. The van der Waals surface area contributed by atoms with Gasteiger partial charge in [0.15, 0.2) is 0 Å². The average molecular weight is 156 g/mol. The van der Waals surface area contributed by atoms with E-state index in [0.29, 0.717) is 11.3 Å². The van der Waals surface area contributed by atoms with Crippen molar-refractivity contribution in [2.75, 3.05) is 0 Å². The van der Waals surface area contributed by atoms with E-state index in [2.05, 4.69) is 10.2 Å². The molecule has 0 saturated heterocycles. The Morgan fingerprint density at radius 3 is 2.25 bits per heavy atom. The number of hydrogen-bond donors (Lipinski definition) is 0. The minimum Gasteiger partial charge on any atom is -0.192 e. The molecule has 0 N–H and O–H groups in total. The molecule has 1 aromatic carbocycles. The van der Waals surface area contributed by atoms with E-state index in [0.717, 1.165) is 0 Å². The topological polar surface area (TPSA) is 72.3 Å². The number of benzene rings is 1. The molecule has 0 heterocycles. The normalized spacial score (nSPS) is 9.17. The highest BCUT2D eigenvalue weighted by atomic mass is 15.1. The van der Waals surface area contributed by atoms with Gasteiger partial charge in [-0.1, -0.05) is 5.11 Å². The molecular formula is C8H4N4. The van der Waals surface area contributed by atoms with Gasteiger partial charge in [0.1, 0.15) is 0 Å². The van der Waals surface area contributed by atoms with E-state index in [1.807, 2.05) is 6.07 Å². The molecule has 0 spiro atoms. The van der Waals surface area contributed by atoms with Crippen LogP contribution < -0.4 is 0 Å². The van der Waals surface area contributed by atoms with Crippen LogP contribution in [-0.4, -0.2) is 0 Å². The van der Waals surface area contributed by atoms with Crippen LogP contribution in [-0.2, 0) is 0 Å². The molecule has 0 amide bonds. The van der Waals surface area contributed by atoms with Crippen molar-refractivity contribution in [2.45, 2.75) is 0 Å². The zero-order valence-electron chi connectivity index (χ0n) is 6.10. The fourth-order valence-corrected chi connectivity index (χ4v) is 0.683. The van der Waals surface area contributed by atoms with Crippen LogP contribution in [0, 0.1) is 22.8 Å². The zero-order valence-corrected chi connectivity index (χ0v) is 6.10. The van der Waals surface area contributed by atoms with E-state index in [1.54, 1.807) is 24.3 Å². The first-order valence-corrected chi connectivity index (χ1v) is 3.17. The molecule has 0 aliphatic heterocycles. The van der Waals surface area contributed by atoms with Gasteiger partial charge >= 0.3 is 0 Å². The lowest BCUT2D eigenvalue weighted by Gasteiger charge is -1.88. The van der Waals surface area contributed by atoms with E-state index in [1.165, 1.54) is 6.19 Å². The number of nitrogens with zero attached hydrogens (tertiary/aromatic N) is 4. The molecule has 4 heteroatoms. The second kappa shape index (κ2) is 3.85. The van der Waals surface area contributed by atoms with Gasteiger partial charge in [-0.25, -0.2) is 0 Å². The van der Waals surface area contributed by atoms with Crippen molar-refractivity contribution in [2.24, 2.45) is 10.2 Å². The van der Waals surface area contributed by atoms with Gasteiger partial charge < -0.3 is 0 Å².